The van der Waals surface area contributed by atoms with Crippen LogP contribution in [-0.4, -0.2) is 11.6 Å². The molecule has 3 heteroatoms. The quantitative estimate of drug-likeness (QED) is 0.625. The Kier molecular flexibility index (Phi) is 2.32. The smallest absolute Gasteiger partial charge is 0.196 e. The summed E-state index contributed by atoms with van der Waals surface area (Å²) in [5.41, 5.74) is 9.77. The van der Waals surface area contributed by atoms with Crippen molar-refractivity contribution in [1.82, 2.24) is 0 Å². The molecule has 2 N–H and O–H groups in total. The molecular formula is C16H13NO2. The highest BCUT2D eigenvalue weighted by molar-refractivity contribution is 6.30. The van der Waals surface area contributed by atoms with Gasteiger partial charge in [-0.05, 0) is 25.0 Å². The summed E-state index contributed by atoms with van der Waals surface area (Å²) in [6, 6.07) is 8.74. The average Bonchev–Trinajstić information content (AvgIpc) is 2.40. The number of nitrogens with two attached hydrogens (primary N) is 1. The second-order valence-electron chi connectivity index (χ2n) is 4.88. The third-order valence-electron chi connectivity index (χ3n) is 3.64. The van der Waals surface area contributed by atoms with Gasteiger partial charge in [-0.15, -0.1) is 0 Å². The monoisotopic (exact) mass is 251 g/mol. The maximum atomic E-state index is 12.5. The molecule has 1 aliphatic rings. The van der Waals surface area contributed by atoms with Crippen LogP contribution in [0.2, 0.25) is 0 Å². The lowest BCUT2D eigenvalue weighted by molar-refractivity contribution is 0.0979. The summed E-state index contributed by atoms with van der Waals surface area (Å²) in [7, 11) is 0. The van der Waals surface area contributed by atoms with Gasteiger partial charge in [-0.25, -0.2) is 0 Å². The second-order valence-corrected chi connectivity index (χ2v) is 4.88. The largest absolute Gasteiger partial charge is 0.398 e. The number of fused-ring (bicyclic) bond motifs is 2. The third kappa shape index (κ3) is 1.45. The van der Waals surface area contributed by atoms with Gasteiger partial charge in [-0.2, -0.15) is 0 Å². The SMILES string of the molecule is Cc1cc(C)c2c(c1N)C(=O)c1ccccc1C2=O. The number of benzene rings is 2. The van der Waals surface area contributed by atoms with E-state index in [0.29, 0.717) is 27.9 Å². The van der Waals surface area contributed by atoms with Crippen molar-refractivity contribution in [3.8, 4) is 0 Å². The first-order valence-corrected chi connectivity index (χ1v) is 6.10. The van der Waals surface area contributed by atoms with E-state index in [1.165, 1.54) is 0 Å². The number of hydrogen-bond acceptors (Lipinski definition) is 3. The fraction of sp³-hybridized carbons (Fsp3) is 0.125. The van der Waals surface area contributed by atoms with Crippen LogP contribution in [-0.2, 0) is 0 Å². The van der Waals surface area contributed by atoms with E-state index in [4.69, 9.17) is 5.73 Å². The zero-order chi connectivity index (χ0) is 13.7. The summed E-state index contributed by atoms with van der Waals surface area (Å²) in [6.07, 6.45) is 0. The van der Waals surface area contributed by atoms with Crippen molar-refractivity contribution in [2.75, 3.05) is 5.73 Å². The molecule has 0 heterocycles. The predicted octanol–water partition coefficient (Wildman–Crippen LogP) is 2.66. The minimum absolute atomic E-state index is 0.116. The minimum Gasteiger partial charge on any atom is -0.398 e. The fourth-order valence-electron chi connectivity index (χ4n) is 2.68. The van der Waals surface area contributed by atoms with Crippen LogP contribution in [0.5, 0.6) is 0 Å². The number of anilines is 1. The van der Waals surface area contributed by atoms with Crippen molar-refractivity contribution in [3.05, 3.63) is 63.7 Å². The molecule has 0 atom stereocenters. The van der Waals surface area contributed by atoms with E-state index in [-0.39, 0.29) is 11.6 Å². The molecule has 19 heavy (non-hydrogen) atoms. The Bertz CT molecular complexity index is 745. The Balaban J connectivity index is 2.43. The molecule has 0 spiro atoms. The molecule has 0 aliphatic heterocycles. The van der Waals surface area contributed by atoms with Crippen LogP contribution >= 0.6 is 0 Å². The van der Waals surface area contributed by atoms with E-state index in [2.05, 4.69) is 0 Å². The maximum absolute atomic E-state index is 12.5. The Hall–Kier alpha value is -2.42. The van der Waals surface area contributed by atoms with Gasteiger partial charge < -0.3 is 5.73 Å². The lowest BCUT2D eigenvalue weighted by Gasteiger charge is -2.21. The molecule has 0 saturated carbocycles. The summed E-state index contributed by atoms with van der Waals surface area (Å²) in [4.78, 5) is 25.1. The molecule has 0 aromatic heterocycles. The van der Waals surface area contributed by atoms with Gasteiger partial charge in [-0.3, -0.25) is 9.59 Å². The molecule has 2 aromatic rings. The van der Waals surface area contributed by atoms with Gasteiger partial charge in [0.1, 0.15) is 0 Å². The number of nitrogen functional groups attached to an aromatic ring is 1. The highest BCUT2D eigenvalue weighted by Crippen LogP contribution is 2.34. The summed E-state index contributed by atoms with van der Waals surface area (Å²) in [6.45, 7) is 3.69. The van der Waals surface area contributed by atoms with E-state index in [1.807, 2.05) is 19.9 Å². The molecule has 0 amide bonds. The van der Waals surface area contributed by atoms with Crippen LogP contribution in [0, 0.1) is 13.8 Å². The van der Waals surface area contributed by atoms with Gasteiger partial charge in [0.25, 0.3) is 0 Å². The predicted molar refractivity (Wildman–Crippen MR) is 73.6 cm³/mol. The Morgan fingerprint density at radius 3 is 1.95 bits per heavy atom. The van der Waals surface area contributed by atoms with Crippen LogP contribution in [0.3, 0.4) is 0 Å². The van der Waals surface area contributed by atoms with Gasteiger partial charge >= 0.3 is 0 Å². The van der Waals surface area contributed by atoms with Gasteiger partial charge in [0.2, 0.25) is 0 Å². The van der Waals surface area contributed by atoms with Crippen molar-refractivity contribution in [2.45, 2.75) is 13.8 Å². The Morgan fingerprint density at radius 1 is 0.842 bits per heavy atom. The van der Waals surface area contributed by atoms with E-state index < -0.39 is 0 Å². The van der Waals surface area contributed by atoms with Crippen LogP contribution in [0.15, 0.2) is 30.3 Å². The van der Waals surface area contributed by atoms with Gasteiger partial charge in [0.05, 0.1) is 5.56 Å². The summed E-state index contributed by atoms with van der Waals surface area (Å²) >= 11 is 0. The average molecular weight is 251 g/mol. The normalized spacial score (nSPS) is 13.2. The van der Waals surface area contributed by atoms with E-state index in [9.17, 15) is 9.59 Å². The van der Waals surface area contributed by atoms with Crippen LogP contribution in [0.25, 0.3) is 0 Å². The lowest BCUT2D eigenvalue weighted by atomic mass is 9.80. The zero-order valence-corrected chi connectivity index (χ0v) is 10.8. The number of carbonyl (C=O) groups excluding carboxylic acids is 2. The second kappa shape index (κ2) is 3.79. The highest BCUT2D eigenvalue weighted by Gasteiger charge is 2.32. The third-order valence-corrected chi connectivity index (χ3v) is 3.64. The van der Waals surface area contributed by atoms with Crippen LogP contribution in [0.4, 0.5) is 5.69 Å². The number of rotatable bonds is 0. The first-order valence-electron chi connectivity index (χ1n) is 6.10. The highest BCUT2D eigenvalue weighted by atomic mass is 16.1. The standard InChI is InChI=1S/C16H13NO2/c1-8-7-9(2)14(17)13-12(8)15(18)10-5-3-4-6-11(10)16(13)19/h3-7H,17H2,1-2H3. The van der Waals surface area contributed by atoms with E-state index in [1.54, 1.807) is 24.3 Å². The first kappa shape index (κ1) is 11.7. The molecule has 2 aromatic carbocycles. The molecule has 0 fully saturated rings. The zero-order valence-electron chi connectivity index (χ0n) is 10.8. The number of carbonyl (C=O) groups is 2. The van der Waals surface area contributed by atoms with Crippen molar-refractivity contribution in [1.29, 1.82) is 0 Å². The molecule has 1 aliphatic carbocycles. The van der Waals surface area contributed by atoms with Crippen LogP contribution < -0.4 is 5.73 Å². The number of ketones is 2. The Labute approximate surface area is 111 Å². The van der Waals surface area contributed by atoms with Crippen molar-refractivity contribution >= 4 is 17.3 Å². The molecular weight excluding hydrogens is 238 g/mol. The van der Waals surface area contributed by atoms with Crippen LogP contribution in [0.1, 0.15) is 43.0 Å². The molecule has 0 saturated heterocycles. The van der Waals surface area contributed by atoms with Gasteiger partial charge in [-0.1, -0.05) is 30.3 Å². The van der Waals surface area contributed by atoms with Crippen molar-refractivity contribution < 1.29 is 9.59 Å². The fourth-order valence-corrected chi connectivity index (χ4v) is 2.68. The summed E-state index contributed by atoms with van der Waals surface area (Å²) in [5, 5.41) is 0. The lowest BCUT2D eigenvalue weighted by Crippen LogP contribution is -2.24. The number of aryl methyl sites for hydroxylation is 2. The first-order chi connectivity index (χ1) is 9.02. The minimum atomic E-state index is -0.158. The topological polar surface area (TPSA) is 60.2 Å². The molecule has 3 rings (SSSR count). The Morgan fingerprint density at radius 2 is 1.37 bits per heavy atom. The molecule has 3 nitrogen and oxygen atoms in total. The summed E-state index contributed by atoms with van der Waals surface area (Å²) < 4.78 is 0. The van der Waals surface area contributed by atoms with Crippen molar-refractivity contribution in [2.24, 2.45) is 0 Å². The molecule has 0 radical (unpaired) electrons. The maximum Gasteiger partial charge on any atom is 0.196 e. The van der Waals surface area contributed by atoms with Gasteiger partial charge in [0.15, 0.2) is 11.6 Å². The molecule has 0 bridgehead atoms. The van der Waals surface area contributed by atoms with Crippen molar-refractivity contribution in [3.63, 3.8) is 0 Å². The van der Waals surface area contributed by atoms with E-state index in [0.717, 1.165) is 11.1 Å². The number of hydrogen-bond donors (Lipinski definition) is 1. The molecule has 0 unspecified atom stereocenters. The van der Waals surface area contributed by atoms with Gasteiger partial charge in [0, 0.05) is 22.4 Å². The van der Waals surface area contributed by atoms with E-state index >= 15 is 0 Å². The molecule has 94 valence electrons. The summed E-state index contributed by atoms with van der Waals surface area (Å²) in [5.74, 6) is -0.274.